The molecule has 0 radical (unpaired) electrons. The standard InChI is InChI=1S/C17H18FNO/c1-13(14-7-3-2-4-8-14)12-19-17(20)11-15-9-5-6-10-16(15)18/h2-10,13H,11-12H2,1H3,(H,19,20). The van der Waals surface area contributed by atoms with Gasteiger partial charge in [0.1, 0.15) is 5.82 Å². The molecule has 1 N–H and O–H groups in total. The van der Waals surface area contributed by atoms with Crippen molar-refractivity contribution >= 4 is 5.91 Å². The van der Waals surface area contributed by atoms with Crippen LogP contribution in [0.3, 0.4) is 0 Å². The molecule has 0 bridgehead atoms. The van der Waals surface area contributed by atoms with Crippen molar-refractivity contribution in [3.63, 3.8) is 0 Å². The van der Waals surface area contributed by atoms with Gasteiger partial charge in [-0.1, -0.05) is 55.5 Å². The molecular formula is C17H18FNO. The second-order valence-corrected chi connectivity index (χ2v) is 4.88. The number of nitrogens with one attached hydrogen (secondary N) is 1. The summed E-state index contributed by atoms with van der Waals surface area (Å²) in [6.45, 7) is 2.61. The summed E-state index contributed by atoms with van der Waals surface area (Å²) in [5.74, 6) is -0.252. The van der Waals surface area contributed by atoms with Crippen molar-refractivity contribution in [1.82, 2.24) is 5.32 Å². The molecule has 104 valence electrons. The van der Waals surface area contributed by atoms with E-state index in [1.165, 1.54) is 11.6 Å². The van der Waals surface area contributed by atoms with Gasteiger partial charge in [0.15, 0.2) is 0 Å². The predicted octanol–water partition coefficient (Wildman–Crippen LogP) is 3.29. The Kier molecular flexibility index (Phi) is 4.88. The third-order valence-electron chi connectivity index (χ3n) is 3.28. The highest BCUT2D eigenvalue weighted by Gasteiger charge is 2.10. The summed E-state index contributed by atoms with van der Waals surface area (Å²) in [6.07, 6.45) is 0.0776. The number of carbonyl (C=O) groups is 1. The van der Waals surface area contributed by atoms with Crippen molar-refractivity contribution in [1.29, 1.82) is 0 Å². The van der Waals surface area contributed by atoms with Gasteiger partial charge in [0.25, 0.3) is 0 Å². The van der Waals surface area contributed by atoms with Gasteiger partial charge < -0.3 is 5.32 Å². The molecule has 0 saturated carbocycles. The van der Waals surface area contributed by atoms with Crippen LogP contribution in [0.15, 0.2) is 54.6 Å². The Bertz CT molecular complexity index is 568. The zero-order valence-corrected chi connectivity index (χ0v) is 11.5. The fourth-order valence-electron chi connectivity index (χ4n) is 2.04. The van der Waals surface area contributed by atoms with Crippen LogP contribution in [0.1, 0.15) is 24.0 Å². The van der Waals surface area contributed by atoms with Crippen molar-refractivity contribution < 1.29 is 9.18 Å². The maximum atomic E-state index is 13.4. The van der Waals surface area contributed by atoms with E-state index in [9.17, 15) is 9.18 Å². The number of benzene rings is 2. The van der Waals surface area contributed by atoms with E-state index in [0.29, 0.717) is 12.1 Å². The van der Waals surface area contributed by atoms with E-state index >= 15 is 0 Å². The molecule has 0 spiro atoms. The highest BCUT2D eigenvalue weighted by molar-refractivity contribution is 5.78. The number of hydrogen-bond acceptors (Lipinski definition) is 1. The smallest absolute Gasteiger partial charge is 0.224 e. The minimum Gasteiger partial charge on any atom is -0.355 e. The highest BCUT2D eigenvalue weighted by atomic mass is 19.1. The van der Waals surface area contributed by atoms with Crippen LogP contribution >= 0.6 is 0 Å². The normalized spacial score (nSPS) is 11.9. The van der Waals surface area contributed by atoms with E-state index in [2.05, 4.69) is 12.2 Å². The number of carbonyl (C=O) groups excluding carboxylic acids is 1. The van der Waals surface area contributed by atoms with E-state index in [1.807, 2.05) is 30.3 Å². The van der Waals surface area contributed by atoms with Crippen LogP contribution in [0.5, 0.6) is 0 Å². The molecular weight excluding hydrogens is 253 g/mol. The van der Waals surface area contributed by atoms with Crippen LogP contribution in [0.2, 0.25) is 0 Å². The number of rotatable bonds is 5. The lowest BCUT2D eigenvalue weighted by molar-refractivity contribution is -0.120. The molecule has 1 atom stereocenters. The summed E-state index contributed by atoms with van der Waals surface area (Å²) in [7, 11) is 0. The summed E-state index contributed by atoms with van der Waals surface area (Å²) < 4.78 is 13.4. The first kappa shape index (κ1) is 14.3. The second kappa shape index (κ2) is 6.85. The highest BCUT2D eigenvalue weighted by Crippen LogP contribution is 2.13. The van der Waals surface area contributed by atoms with Gasteiger partial charge in [-0.05, 0) is 23.1 Å². The van der Waals surface area contributed by atoms with E-state index < -0.39 is 0 Å². The molecule has 0 fully saturated rings. The Labute approximate surface area is 118 Å². The fraction of sp³-hybridized carbons (Fsp3) is 0.235. The molecule has 1 unspecified atom stereocenters. The van der Waals surface area contributed by atoms with Gasteiger partial charge in [-0.15, -0.1) is 0 Å². The maximum absolute atomic E-state index is 13.4. The molecule has 2 nitrogen and oxygen atoms in total. The van der Waals surface area contributed by atoms with Crippen LogP contribution in [0.25, 0.3) is 0 Å². The van der Waals surface area contributed by atoms with E-state index in [0.717, 1.165) is 0 Å². The van der Waals surface area contributed by atoms with E-state index in [1.54, 1.807) is 18.2 Å². The molecule has 2 aromatic rings. The monoisotopic (exact) mass is 271 g/mol. The van der Waals surface area contributed by atoms with Gasteiger partial charge >= 0.3 is 0 Å². The molecule has 2 aromatic carbocycles. The van der Waals surface area contributed by atoms with Gasteiger partial charge in [-0.3, -0.25) is 4.79 Å². The Morgan fingerprint density at radius 2 is 1.75 bits per heavy atom. The average Bonchev–Trinajstić information content (AvgIpc) is 2.48. The van der Waals surface area contributed by atoms with Crippen LogP contribution in [0, 0.1) is 5.82 Å². The summed E-state index contributed by atoms with van der Waals surface area (Å²) in [4.78, 5) is 11.8. The third kappa shape index (κ3) is 3.92. The van der Waals surface area contributed by atoms with Gasteiger partial charge in [0.2, 0.25) is 5.91 Å². The zero-order chi connectivity index (χ0) is 14.4. The Balaban J connectivity index is 1.85. The summed E-state index contributed by atoms with van der Waals surface area (Å²) in [6, 6.07) is 16.4. The van der Waals surface area contributed by atoms with Crippen LogP contribution in [-0.4, -0.2) is 12.5 Å². The molecule has 0 aromatic heterocycles. The topological polar surface area (TPSA) is 29.1 Å². The maximum Gasteiger partial charge on any atom is 0.224 e. The summed E-state index contributed by atoms with van der Waals surface area (Å²) >= 11 is 0. The van der Waals surface area contributed by atoms with Crippen molar-refractivity contribution in [2.24, 2.45) is 0 Å². The molecule has 0 aliphatic rings. The molecule has 0 heterocycles. The number of halogens is 1. The third-order valence-corrected chi connectivity index (χ3v) is 3.28. The van der Waals surface area contributed by atoms with Crippen molar-refractivity contribution in [2.45, 2.75) is 19.3 Å². The Hall–Kier alpha value is -2.16. The predicted molar refractivity (Wildman–Crippen MR) is 78.0 cm³/mol. The molecule has 2 rings (SSSR count). The van der Waals surface area contributed by atoms with Gasteiger partial charge in [0.05, 0.1) is 6.42 Å². The van der Waals surface area contributed by atoms with Crippen LogP contribution in [0.4, 0.5) is 4.39 Å². The van der Waals surface area contributed by atoms with Gasteiger partial charge in [0, 0.05) is 6.54 Å². The zero-order valence-electron chi connectivity index (χ0n) is 11.5. The lowest BCUT2D eigenvalue weighted by atomic mass is 10.0. The Morgan fingerprint density at radius 3 is 2.45 bits per heavy atom. The van der Waals surface area contributed by atoms with Gasteiger partial charge in [-0.2, -0.15) is 0 Å². The molecule has 1 amide bonds. The average molecular weight is 271 g/mol. The van der Waals surface area contributed by atoms with Crippen molar-refractivity contribution in [3.05, 3.63) is 71.5 Å². The quantitative estimate of drug-likeness (QED) is 0.888. The van der Waals surface area contributed by atoms with Crippen LogP contribution in [-0.2, 0) is 11.2 Å². The van der Waals surface area contributed by atoms with E-state index in [-0.39, 0.29) is 24.1 Å². The second-order valence-electron chi connectivity index (χ2n) is 4.88. The summed E-state index contributed by atoms with van der Waals surface area (Å²) in [5.41, 5.74) is 1.61. The lowest BCUT2D eigenvalue weighted by Gasteiger charge is -2.13. The molecule has 20 heavy (non-hydrogen) atoms. The molecule has 0 aliphatic heterocycles. The van der Waals surface area contributed by atoms with Gasteiger partial charge in [-0.25, -0.2) is 4.39 Å². The van der Waals surface area contributed by atoms with E-state index in [4.69, 9.17) is 0 Å². The first-order chi connectivity index (χ1) is 9.66. The van der Waals surface area contributed by atoms with Crippen molar-refractivity contribution in [3.8, 4) is 0 Å². The SMILES string of the molecule is CC(CNC(=O)Cc1ccccc1F)c1ccccc1. The molecule has 0 aliphatic carbocycles. The minimum absolute atomic E-state index is 0.0776. The van der Waals surface area contributed by atoms with Crippen molar-refractivity contribution in [2.75, 3.05) is 6.54 Å². The number of hydrogen-bond donors (Lipinski definition) is 1. The minimum atomic E-state index is -0.334. The molecule has 3 heteroatoms. The first-order valence-corrected chi connectivity index (χ1v) is 6.72. The largest absolute Gasteiger partial charge is 0.355 e. The first-order valence-electron chi connectivity index (χ1n) is 6.72. The van der Waals surface area contributed by atoms with Crippen LogP contribution < -0.4 is 5.32 Å². The number of amides is 1. The lowest BCUT2D eigenvalue weighted by Crippen LogP contribution is -2.29. The fourth-order valence-corrected chi connectivity index (χ4v) is 2.04. The summed E-state index contributed by atoms with van der Waals surface area (Å²) in [5, 5.41) is 2.85. The Morgan fingerprint density at radius 1 is 1.10 bits per heavy atom. The molecule has 0 saturated heterocycles.